The lowest BCUT2D eigenvalue weighted by Crippen LogP contribution is -2.29. The van der Waals surface area contributed by atoms with Gasteiger partial charge in [-0.05, 0) is 67.2 Å². The summed E-state index contributed by atoms with van der Waals surface area (Å²) >= 11 is 1.42. The van der Waals surface area contributed by atoms with Gasteiger partial charge < -0.3 is 19.5 Å². The van der Waals surface area contributed by atoms with E-state index in [9.17, 15) is 4.79 Å². The summed E-state index contributed by atoms with van der Waals surface area (Å²) in [5.41, 5.74) is 3.04. The topological polar surface area (TPSA) is 60.0 Å². The Labute approximate surface area is 191 Å². The average Bonchev–Trinajstić information content (AvgIpc) is 3.49. The predicted octanol–water partition coefficient (Wildman–Crippen LogP) is 5.29. The number of anilines is 1. The molecule has 2 aromatic carbocycles. The third-order valence-corrected chi connectivity index (χ3v) is 6.67. The first-order valence-corrected chi connectivity index (χ1v) is 11.8. The summed E-state index contributed by atoms with van der Waals surface area (Å²) in [6.45, 7) is 3.96. The molecule has 7 heteroatoms. The summed E-state index contributed by atoms with van der Waals surface area (Å²) in [6, 6.07) is 15.5. The number of nitrogens with zero attached hydrogens (tertiary/aromatic N) is 1. The van der Waals surface area contributed by atoms with Crippen LogP contribution in [-0.2, 0) is 13.2 Å². The van der Waals surface area contributed by atoms with Gasteiger partial charge in [0.25, 0.3) is 5.91 Å². The Morgan fingerprint density at radius 3 is 2.62 bits per heavy atom. The van der Waals surface area contributed by atoms with E-state index in [1.807, 2.05) is 41.8 Å². The van der Waals surface area contributed by atoms with E-state index in [4.69, 9.17) is 14.2 Å². The maximum atomic E-state index is 12.7. The number of hydrogen-bond acceptors (Lipinski definition) is 6. The van der Waals surface area contributed by atoms with Gasteiger partial charge in [0.1, 0.15) is 12.4 Å². The molecule has 3 heterocycles. The van der Waals surface area contributed by atoms with Crippen molar-refractivity contribution < 1.29 is 19.0 Å². The molecule has 1 saturated heterocycles. The fourth-order valence-electron chi connectivity index (χ4n) is 3.97. The van der Waals surface area contributed by atoms with Crippen molar-refractivity contribution in [3.8, 4) is 17.2 Å². The molecule has 0 unspecified atom stereocenters. The van der Waals surface area contributed by atoms with Crippen LogP contribution in [0.15, 0.2) is 53.9 Å². The van der Waals surface area contributed by atoms with Crippen molar-refractivity contribution in [2.75, 3.05) is 25.2 Å². The van der Waals surface area contributed by atoms with Crippen molar-refractivity contribution in [1.29, 1.82) is 0 Å². The number of carbonyl (C=O) groups is 1. The molecule has 0 aliphatic carbocycles. The highest BCUT2D eigenvalue weighted by Gasteiger charge is 2.15. The summed E-state index contributed by atoms with van der Waals surface area (Å²) in [6.07, 6.45) is 3.92. The number of hydrogen-bond donors (Lipinski definition) is 1. The number of amides is 1. The SMILES string of the molecule is O=C(Nc1ccc(CN2CCCCC2)cc1)c1cc(COc2ccc3c(c2)OCO3)cs1. The van der Waals surface area contributed by atoms with Gasteiger partial charge in [-0.1, -0.05) is 18.6 Å². The van der Waals surface area contributed by atoms with Gasteiger partial charge >= 0.3 is 0 Å². The van der Waals surface area contributed by atoms with Gasteiger partial charge in [-0.3, -0.25) is 9.69 Å². The van der Waals surface area contributed by atoms with Crippen LogP contribution in [0.25, 0.3) is 0 Å². The molecule has 5 rings (SSSR count). The van der Waals surface area contributed by atoms with E-state index in [1.54, 1.807) is 0 Å². The molecule has 1 N–H and O–H groups in total. The Kier molecular flexibility index (Phi) is 6.27. The van der Waals surface area contributed by atoms with Crippen LogP contribution in [0.5, 0.6) is 17.2 Å². The van der Waals surface area contributed by atoms with E-state index >= 15 is 0 Å². The minimum absolute atomic E-state index is 0.104. The molecule has 0 atom stereocenters. The molecular weight excluding hydrogens is 424 g/mol. The summed E-state index contributed by atoms with van der Waals surface area (Å²) < 4.78 is 16.5. The normalized spacial score (nSPS) is 15.5. The van der Waals surface area contributed by atoms with Crippen LogP contribution in [0.1, 0.15) is 40.1 Å². The Hall–Kier alpha value is -3.03. The number of carbonyl (C=O) groups excluding carboxylic acids is 1. The van der Waals surface area contributed by atoms with Gasteiger partial charge in [0.2, 0.25) is 6.79 Å². The zero-order valence-electron chi connectivity index (χ0n) is 17.8. The molecule has 3 aromatic rings. The second-order valence-corrected chi connectivity index (χ2v) is 9.02. The number of rotatable bonds is 7. The minimum atomic E-state index is -0.104. The fourth-order valence-corrected chi connectivity index (χ4v) is 4.76. The number of thiophene rings is 1. The second-order valence-electron chi connectivity index (χ2n) is 8.11. The van der Waals surface area contributed by atoms with Gasteiger partial charge in [-0.15, -0.1) is 11.3 Å². The summed E-state index contributed by atoms with van der Waals surface area (Å²) in [4.78, 5) is 15.8. The van der Waals surface area contributed by atoms with Crippen LogP contribution in [0.2, 0.25) is 0 Å². The van der Waals surface area contributed by atoms with Gasteiger partial charge in [0.15, 0.2) is 11.5 Å². The van der Waals surface area contributed by atoms with E-state index in [-0.39, 0.29) is 12.7 Å². The van der Waals surface area contributed by atoms with Gasteiger partial charge in [-0.25, -0.2) is 0 Å². The number of fused-ring (bicyclic) bond motifs is 1. The average molecular weight is 451 g/mol. The Balaban J connectivity index is 1.13. The van der Waals surface area contributed by atoms with E-state index in [2.05, 4.69) is 22.3 Å². The largest absolute Gasteiger partial charge is 0.489 e. The third kappa shape index (κ3) is 5.06. The number of piperidine rings is 1. The number of nitrogens with one attached hydrogen (secondary N) is 1. The molecule has 2 aliphatic rings. The molecule has 0 spiro atoms. The highest BCUT2D eigenvalue weighted by atomic mass is 32.1. The van der Waals surface area contributed by atoms with Crippen molar-refractivity contribution in [3.05, 3.63) is 69.9 Å². The lowest BCUT2D eigenvalue weighted by molar-refractivity contribution is 0.103. The second kappa shape index (κ2) is 9.63. The first-order valence-electron chi connectivity index (χ1n) is 11.0. The Morgan fingerprint density at radius 1 is 0.969 bits per heavy atom. The highest BCUT2D eigenvalue weighted by Crippen LogP contribution is 2.35. The number of benzene rings is 2. The van der Waals surface area contributed by atoms with Crippen LogP contribution in [-0.4, -0.2) is 30.7 Å². The third-order valence-electron chi connectivity index (χ3n) is 5.69. The van der Waals surface area contributed by atoms with E-state index < -0.39 is 0 Å². The first-order chi connectivity index (χ1) is 15.7. The zero-order chi connectivity index (χ0) is 21.8. The maximum absolute atomic E-state index is 12.7. The van der Waals surface area contributed by atoms with Crippen molar-refractivity contribution in [3.63, 3.8) is 0 Å². The standard InChI is InChI=1S/C25H26N2O4S/c28-25(26-20-6-4-18(5-7-20)14-27-10-2-1-3-11-27)24-12-19(16-32-24)15-29-21-8-9-22-23(13-21)31-17-30-22/h4-9,12-13,16H,1-3,10-11,14-15,17H2,(H,26,28). The quantitative estimate of drug-likeness (QED) is 0.530. The highest BCUT2D eigenvalue weighted by molar-refractivity contribution is 7.12. The smallest absolute Gasteiger partial charge is 0.265 e. The summed E-state index contributed by atoms with van der Waals surface area (Å²) in [7, 11) is 0. The molecule has 0 radical (unpaired) electrons. The van der Waals surface area contributed by atoms with Crippen molar-refractivity contribution in [2.24, 2.45) is 0 Å². The monoisotopic (exact) mass is 450 g/mol. The van der Waals surface area contributed by atoms with E-state index in [1.165, 1.54) is 49.3 Å². The van der Waals surface area contributed by atoms with Crippen molar-refractivity contribution in [2.45, 2.75) is 32.4 Å². The molecular formula is C25H26N2O4S. The molecule has 32 heavy (non-hydrogen) atoms. The van der Waals surface area contributed by atoms with Gasteiger partial charge in [0, 0.05) is 23.9 Å². The molecule has 1 amide bonds. The Morgan fingerprint density at radius 2 is 1.78 bits per heavy atom. The molecule has 0 bridgehead atoms. The maximum Gasteiger partial charge on any atom is 0.265 e. The number of ether oxygens (including phenoxy) is 3. The van der Waals surface area contributed by atoms with Gasteiger partial charge in [0.05, 0.1) is 4.88 Å². The fraction of sp³-hybridized carbons (Fsp3) is 0.320. The molecule has 1 aromatic heterocycles. The van der Waals surface area contributed by atoms with Crippen LogP contribution in [0, 0.1) is 0 Å². The predicted molar refractivity (Wildman–Crippen MR) is 125 cm³/mol. The molecule has 6 nitrogen and oxygen atoms in total. The lowest BCUT2D eigenvalue weighted by atomic mass is 10.1. The minimum Gasteiger partial charge on any atom is -0.489 e. The molecule has 2 aliphatic heterocycles. The van der Waals surface area contributed by atoms with E-state index in [0.29, 0.717) is 23.0 Å². The molecule has 0 saturated carbocycles. The van der Waals surface area contributed by atoms with Crippen LogP contribution in [0.3, 0.4) is 0 Å². The molecule has 166 valence electrons. The first kappa shape index (κ1) is 20.8. The zero-order valence-corrected chi connectivity index (χ0v) is 18.7. The van der Waals surface area contributed by atoms with Crippen LogP contribution < -0.4 is 19.5 Å². The summed E-state index contributed by atoms with van der Waals surface area (Å²) in [5.74, 6) is 2.02. The van der Waals surface area contributed by atoms with E-state index in [0.717, 1.165) is 23.5 Å². The summed E-state index contributed by atoms with van der Waals surface area (Å²) in [5, 5.41) is 4.94. The molecule has 1 fully saturated rings. The van der Waals surface area contributed by atoms with Crippen LogP contribution >= 0.6 is 11.3 Å². The van der Waals surface area contributed by atoms with Crippen molar-refractivity contribution >= 4 is 22.9 Å². The Bertz CT molecular complexity index is 1070. The number of likely N-dealkylation sites (tertiary alicyclic amines) is 1. The lowest BCUT2D eigenvalue weighted by Gasteiger charge is -2.26. The van der Waals surface area contributed by atoms with Gasteiger partial charge in [-0.2, -0.15) is 0 Å². The van der Waals surface area contributed by atoms with Crippen molar-refractivity contribution in [1.82, 2.24) is 4.90 Å². The van der Waals surface area contributed by atoms with Crippen LogP contribution in [0.4, 0.5) is 5.69 Å².